The van der Waals surface area contributed by atoms with Gasteiger partial charge in [-0.15, -0.1) is 0 Å². The number of nitrogens with two attached hydrogens (primary N) is 1. The maximum atomic E-state index is 11.4. The van der Waals surface area contributed by atoms with Crippen molar-refractivity contribution in [2.24, 2.45) is 5.73 Å². The van der Waals surface area contributed by atoms with Gasteiger partial charge in [0.2, 0.25) is 0 Å². The van der Waals surface area contributed by atoms with Gasteiger partial charge in [-0.05, 0) is 44.9 Å². The molecule has 4 nitrogen and oxygen atoms in total. The van der Waals surface area contributed by atoms with Crippen LogP contribution in [0.3, 0.4) is 0 Å². The SMILES string of the molecule is CC(C)(C)OC(=O)NCCC(N)c1ccc(Cl)cc1. The third-order valence-electron chi connectivity index (χ3n) is 2.42. The molecule has 106 valence electrons. The summed E-state index contributed by atoms with van der Waals surface area (Å²) in [7, 11) is 0. The van der Waals surface area contributed by atoms with E-state index in [0.29, 0.717) is 18.0 Å². The highest BCUT2D eigenvalue weighted by Crippen LogP contribution is 2.16. The molecule has 1 aromatic rings. The molecule has 0 aliphatic carbocycles. The lowest BCUT2D eigenvalue weighted by Gasteiger charge is -2.20. The van der Waals surface area contributed by atoms with Crippen molar-refractivity contribution in [2.75, 3.05) is 6.54 Å². The molecule has 0 bridgehead atoms. The Labute approximate surface area is 119 Å². The number of carbonyl (C=O) groups excluding carboxylic acids is 1. The van der Waals surface area contributed by atoms with Gasteiger partial charge in [0.1, 0.15) is 5.60 Å². The second-order valence-corrected chi connectivity index (χ2v) is 5.81. The number of halogens is 1. The standard InChI is InChI=1S/C14H21ClN2O2/c1-14(2,3)19-13(18)17-9-8-12(16)10-4-6-11(15)7-5-10/h4-7,12H,8-9,16H2,1-3H3,(H,17,18). The Kier molecular flexibility index (Phi) is 5.63. The van der Waals surface area contributed by atoms with Crippen molar-refractivity contribution in [3.8, 4) is 0 Å². The number of hydrogen-bond acceptors (Lipinski definition) is 3. The van der Waals surface area contributed by atoms with E-state index in [1.54, 1.807) is 12.1 Å². The Morgan fingerprint density at radius 2 is 1.95 bits per heavy atom. The monoisotopic (exact) mass is 284 g/mol. The van der Waals surface area contributed by atoms with E-state index >= 15 is 0 Å². The molecule has 0 fully saturated rings. The fraction of sp³-hybridized carbons (Fsp3) is 0.500. The zero-order valence-electron chi connectivity index (χ0n) is 11.6. The van der Waals surface area contributed by atoms with Gasteiger partial charge in [-0.1, -0.05) is 23.7 Å². The summed E-state index contributed by atoms with van der Waals surface area (Å²) in [6, 6.07) is 7.25. The smallest absolute Gasteiger partial charge is 0.407 e. The fourth-order valence-corrected chi connectivity index (χ4v) is 1.65. The van der Waals surface area contributed by atoms with Crippen LogP contribution in [0.25, 0.3) is 0 Å². The first kappa shape index (κ1) is 15.8. The lowest BCUT2D eigenvalue weighted by molar-refractivity contribution is 0.0526. The molecule has 0 spiro atoms. The molecular formula is C14H21ClN2O2. The maximum Gasteiger partial charge on any atom is 0.407 e. The molecule has 0 saturated heterocycles. The zero-order chi connectivity index (χ0) is 14.5. The minimum Gasteiger partial charge on any atom is -0.444 e. The van der Waals surface area contributed by atoms with Gasteiger partial charge < -0.3 is 15.8 Å². The summed E-state index contributed by atoms with van der Waals surface area (Å²) in [5, 5.41) is 3.37. The molecule has 19 heavy (non-hydrogen) atoms. The van der Waals surface area contributed by atoms with Crippen LogP contribution in [-0.2, 0) is 4.74 Å². The van der Waals surface area contributed by atoms with E-state index in [0.717, 1.165) is 5.56 Å². The predicted octanol–water partition coefficient (Wildman–Crippen LogP) is 3.25. The van der Waals surface area contributed by atoms with Gasteiger partial charge in [-0.25, -0.2) is 4.79 Å². The second-order valence-electron chi connectivity index (χ2n) is 5.38. The summed E-state index contributed by atoms with van der Waals surface area (Å²) < 4.78 is 5.13. The minimum absolute atomic E-state index is 0.132. The third kappa shape index (κ3) is 6.45. The molecule has 0 aliphatic heterocycles. The van der Waals surface area contributed by atoms with E-state index < -0.39 is 11.7 Å². The van der Waals surface area contributed by atoms with Gasteiger partial charge in [0, 0.05) is 17.6 Å². The molecule has 0 aromatic heterocycles. The summed E-state index contributed by atoms with van der Waals surface area (Å²) in [6.07, 6.45) is 0.219. The zero-order valence-corrected chi connectivity index (χ0v) is 12.3. The van der Waals surface area contributed by atoms with Gasteiger partial charge >= 0.3 is 6.09 Å². The number of carbonyl (C=O) groups is 1. The van der Waals surface area contributed by atoms with Gasteiger partial charge in [0.25, 0.3) is 0 Å². The number of hydrogen-bond donors (Lipinski definition) is 2. The Morgan fingerprint density at radius 3 is 2.47 bits per heavy atom. The van der Waals surface area contributed by atoms with Crippen molar-refractivity contribution in [3.05, 3.63) is 34.9 Å². The first-order chi connectivity index (χ1) is 8.78. The fourth-order valence-electron chi connectivity index (χ4n) is 1.52. The largest absolute Gasteiger partial charge is 0.444 e. The van der Waals surface area contributed by atoms with Gasteiger partial charge in [-0.2, -0.15) is 0 Å². The number of rotatable bonds is 4. The minimum atomic E-state index is -0.484. The highest BCUT2D eigenvalue weighted by atomic mass is 35.5. The Hall–Kier alpha value is -1.26. The van der Waals surface area contributed by atoms with Gasteiger partial charge in [0.15, 0.2) is 0 Å². The second kappa shape index (κ2) is 6.78. The summed E-state index contributed by atoms with van der Waals surface area (Å²) in [4.78, 5) is 11.4. The number of alkyl carbamates (subject to hydrolysis) is 1. The van der Waals surface area contributed by atoms with E-state index in [1.807, 2.05) is 32.9 Å². The van der Waals surface area contributed by atoms with Crippen LogP contribution in [-0.4, -0.2) is 18.2 Å². The molecule has 3 N–H and O–H groups in total. The highest BCUT2D eigenvalue weighted by molar-refractivity contribution is 6.30. The molecule has 5 heteroatoms. The molecule has 0 heterocycles. The van der Waals surface area contributed by atoms with E-state index in [9.17, 15) is 4.79 Å². The molecule has 1 unspecified atom stereocenters. The predicted molar refractivity (Wildman–Crippen MR) is 77.2 cm³/mol. The van der Waals surface area contributed by atoms with Crippen LogP contribution in [0.1, 0.15) is 38.8 Å². The van der Waals surface area contributed by atoms with Gasteiger partial charge in [0.05, 0.1) is 0 Å². The van der Waals surface area contributed by atoms with Crippen molar-refractivity contribution < 1.29 is 9.53 Å². The van der Waals surface area contributed by atoms with Crippen LogP contribution in [0, 0.1) is 0 Å². The van der Waals surface area contributed by atoms with Crippen molar-refractivity contribution in [1.82, 2.24) is 5.32 Å². The van der Waals surface area contributed by atoms with Crippen LogP contribution in [0.15, 0.2) is 24.3 Å². The molecule has 1 amide bonds. The van der Waals surface area contributed by atoms with Crippen molar-refractivity contribution >= 4 is 17.7 Å². The summed E-state index contributed by atoms with van der Waals surface area (Å²) in [5.74, 6) is 0. The number of nitrogens with one attached hydrogen (secondary N) is 1. The molecule has 0 radical (unpaired) electrons. The number of benzene rings is 1. The Balaban J connectivity index is 2.33. The summed E-state index contributed by atoms with van der Waals surface area (Å²) >= 11 is 5.81. The van der Waals surface area contributed by atoms with Crippen LogP contribution in [0.4, 0.5) is 4.79 Å². The van der Waals surface area contributed by atoms with Crippen molar-refractivity contribution in [3.63, 3.8) is 0 Å². The molecule has 0 aliphatic rings. The van der Waals surface area contributed by atoms with Gasteiger partial charge in [-0.3, -0.25) is 0 Å². The third-order valence-corrected chi connectivity index (χ3v) is 2.67. The highest BCUT2D eigenvalue weighted by Gasteiger charge is 2.16. The average molecular weight is 285 g/mol. The van der Waals surface area contributed by atoms with E-state index in [4.69, 9.17) is 22.1 Å². The summed E-state index contributed by atoms with van der Waals surface area (Å²) in [5.41, 5.74) is 6.54. The lowest BCUT2D eigenvalue weighted by Crippen LogP contribution is -2.33. The maximum absolute atomic E-state index is 11.4. The molecule has 1 atom stereocenters. The van der Waals surface area contributed by atoms with Crippen LogP contribution in [0.5, 0.6) is 0 Å². The van der Waals surface area contributed by atoms with E-state index in [1.165, 1.54) is 0 Å². The number of ether oxygens (including phenoxy) is 1. The van der Waals surface area contributed by atoms with Crippen LogP contribution in [0.2, 0.25) is 5.02 Å². The normalized spacial score (nSPS) is 12.9. The topological polar surface area (TPSA) is 64.3 Å². The first-order valence-electron chi connectivity index (χ1n) is 6.26. The lowest BCUT2D eigenvalue weighted by atomic mass is 10.1. The Morgan fingerprint density at radius 1 is 1.37 bits per heavy atom. The first-order valence-corrected chi connectivity index (χ1v) is 6.63. The average Bonchev–Trinajstić information content (AvgIpc) is 2.27. The quantitative estimate of drug-likeness (QED) is 0.892. The van der Waals surface area contributed by atoms with Crippen LogP contribution >= 0.6 is 11.6 Å². The molecule has 1 aromatic carbocycles. The molecule has 1 rings (SSSR count). The molecule has 0 saturated carbocycles. The van der Waals surface area contributed by atoms with Crippen molar-refractivity contribution in [1.29, 1.82) is 0 Å². The summed E-state index contributed by atoms with van der Waals surface area (Å²) in [6.45, 7) is 5.95. The van der Waals surface area contributed by atoms with Crippen molar-refractivity contribution in [2.45, 2.75) is 38.8 Å². The van der Waals surface area contributed by atoms with E-state index in [2.05, 4.69) is 5.32 Å². The van der Waals surface area contributed by atoms with E-state index in [-0.39, 0.29) is 6.04 Å². The molecular weight excluding hydrogens is 264 g/mol. The van der Waals surface area contributed by atoms with Crippen LogP contribution < -0.4 is 11.1 Å². The Bertz CT molecular complexity index is 412. The number of amides is 1.